The second kappa shape index (κ2) is 9.95. The summed E-state index contributed by atoms with van der Waals surface area (Å²) in [6, 6.07) is 5.41. The van der Waals surface area contributed by atoms with E-state index in [0.717, 1.165) is 43.7 Å². The summed E-state index contributed by atoms with van der Waals surface area (Å²) in [4.78, 5) is 32.3. The number of rotatable bonds is 6. The first-order valence-corrected chi connectivity index (χ1v) is 12.7. The highest BCUT2D eigenvalue weighted by Gasteiger charge is 2.34. The fraction of sp³-hybridized carbons (Fsp3) is 0.385. The lowest BCUT2D eigenvalue weighted by Gasteiger charge is -2.33. The molecule has 2 aliphatic heterocycles. The average molecular weight is 516 g/mol. The molecule has 4 aromatic heterocycles. The summed E-state index contributed by atoms with van der Waals surface area (Å²) in [5, 5.41) is 18.2. The first kappa shape index (κ1) is 24.2. The minimum Gasteiger partial charge on any atom is -0.377 e. The Morgan fingerprint density at radius 1 is 1.13 bits per heavy atom. The highest BCUT2D eigenvalue weighted by molar-refractivity contribution is 6.08. The highest BCUT2D eigenvalue weighted by Crippen LogP contribution is 2.29. The van der Waals surface area contributed by atoms with Crippen LogP contribution in [0.1, 0.15) is 29.0 Å². The van der Waals surface area contributed by atoms with Crippen LogP contribution in [0.25, 0.3) is 16.6 Å². The van der Waals surface area contributed by atoms with E-state index in [4.69, 9.17) is 4.74 Å². The van der Waals surface area contributed by atoms with Crippen molar-refractivity contribution in [2.75, 3.05) is 36.9 Å². The first-order chi connectivity index (χ1) is 18.4. The molecule has 2 atom stereocenters. The smallest absolute Gasteiger partial charge is 0.278 e. The summed E-state index contributed by atoms with van der Waals surface area (Å²) >= 11 is 0. The predicted octanol–water partition coefficient (Wildman–Crippen LogP) is 2.13. The van der Waals surface area contributed by atoms with E-state index in [2.05, 4.69) is 35.9 Å². The van der Waals surface area contributed by atoms with Crippen LogP contribution >= 0.6 is 0 Å². The standard InChI is InChI=1S/C26H29N9O3/c1-16-21(9-20(11-27-16)29-24(36)15-34-7-5-17-6-8-38-23(17)14-34)30-26(37)25-22-4-3-18(13-35(22)32-31-25)19-10-28-33(2)12-19/h3-4,9-13,17,23H,5-8,14-15H2,1-2H3,(H,29,36)(H,30,37). The van der Waals surface area contributed by atoms with Crippen molar-refractivity contribution in [2.45, 2.75) is 25.9 Å². The second-order valence-electron chi connectivity index (χ2n) is 9.93. The average Bonchev–Trinajstić information content (AvgIpc) is 3.64. The molecule has 0 aromatic carbocycles. The number of piperidine rings is 1. The topological polar surface area (TPSA) is 132 Å². The Morgan fingerprint density at radius 2 is 2.03 bits per heavy atom. The van der Waals surface area contributed by atoms with Gasteiger partial charge in [-0.15, -0.1) is 5.10 Å². The van der Waals surface area contributed by atoms with Gasteiger partial charge in [0.15, 0.2) is 5.69 Å². The van der Waals surface area contributed by atoms with Gasteiger partial charge in [-0.1, -0.05) is 11.3 Å². The first-order valence-electron chi connectivity index (χ1n) is 12.7. The van der Waals surface area contributed by atoms with Gasteiger partial charge in [0.2, 0.25) is 5.91 Å². The molecule has 2 amide bonds. The molecule has 0 radical (unpaired) electrons. The summed E-state index contributed by atoms with van der Waals surface area (Å²) in [6.07, 6.45) is 9.46. The van der Waals surface area contributed by atoms with Gasteiger partial charge in [0.1, 0.15) is 0 Å². The van der Waals surface area contributed by atoms with Crippen molar-refractivity contribution in [3.05, 3.63) is 54.4 Å². The fourth-order valence-electron chi connectivity index (χ4n) is 5.17. The summed E-state index contributed by atoms with van der Waals surface area (Å²) in [7, 11) is 1.85. The van der Waals surface area contributed by atoms with E-state index < -0.39 is 5.91 Å². The number of carbonyl (C=O) groups is 2. The molecule has 2 unspecified atom stereocenters. The van der Waals surface area contributed by atoms with Crippen LogP contribution in [0.15, 0.2) is 43.0 Å². The number of carbonyl (C=O) groups excluding carboxylic acids is 2. The van der Waals surface area contributed by atoms with Crippen molar-refractivity contribution in [1.82, 2.24) is 34.5 Å². The number of nitrogens with one attached hydrogen (secondary N) is 2. The summed E-state index contributed by atoms with van der Waals surface area (Å²) < 4.78 is 9.09. The van der Waals surface area contributed by atoms with Crippen LogP contribution in [0.5, 0.6) is 0 Å². The number of ether oxygens (including phenoxy) is 1. The largest absolute Gasteiger partial charge is 0.377 e. The van der Waals surface area contributed by atoms with Crippen LogP contribution in [-0.2, 0) is 16.6 Å². The highest BCUT2D eigenvalue weighted by atomic mass is 16.5. The lowest BCUT2D eigenvalue weighted by Crippen LogP contribution is -2.45. The van der Waals surface area contributed by atoms with E-state index in [-0.39, 0.29) is 24.2 Å². The lowest BCUT2D eigenvalue weighted by atomic mass is 9.93. The number of hydrogen-bond donors (Lipinski definition) is 2. The van der Waals surface area contributed by atoms with Crippen LogP contribution in [0, 0.1) is 12.8 Å². The number of likely N-dealkylation sites (tertiary alicyclic amines) is 1. The minimum atomic E-state index is -0.415. The van der Waals surface area contributed by atoms with Crippen molar-refractivity contribution in [1.29, 1.82) is 0 Å². The molecule has 196 valence electrons. The normalized spacial score (nSPS) is 19.4. The monoisotopic (exact) mass is 515 g/mol. The minimum absolute atomic E-state index is 0.127. The number of amides is 2. The van der Waals surface area contributed by atoms with Crippen LogP contribution in [0.3, 0.4) is 0 Å². The van der Waals surface area contributed by atoms with Gasteiger partial charge in [-0.25, -0.2) is 4.52 Å². The van der Waals surface area contributed by atoms with Crippen LogP contribution in [0.2, 0.25) is 0 Å². The molecule has 12 heteroatoms. The van der Waals surface area contributed by atoms with Crippen LogP contribution in [-0.4, -0.2) is 78.7 Å². The third-order valence-corrected chi connectivity index (χ3v) is 7.25. The molecular weight excluding hydrogens is 486 g/mol. The van der Waals surface area contributed by atoms with Gasteiger partial charge < -0.3 is 15.4 Å². The summed E-state index contributed by atoms with van der Waals surface area (Å²) in [6.45, 7) is 4.56. The predicted molar refractivity (Wildman–Crippen MR) is 140 cm³/mol. The lowest BCUT2D eigenvalue weighted by molar-refractivity contribution is -0.118. The Labute approximate surface area is 219 Å². The molecule has 6 rings (SSSR count). The van der Waals surface area contributed by atoms with Crippen molar-refractivity contribution in [3.63, 3.8) is 0 Å². The van der Waals surface area contributed by atoms with Crippen molar-refractivity contribution in [3.8, 4) is 11.1 Å². The van der Waals surface area contributed by atoms with Gasteiger partial charge in [0.05, 0.1) is 47.6 Å². The number of aromatic nitrogens is 6. The SMILES string of the molecule is Cc1ncc(NC(=O)CN2CCC3CCOC3C2)cc1NC(=O)c1nnn2cc(-c3cnn(C)c3)ccc12. The fourth-order valence-corrected chi connectivity index (χ4v) is 5.17. The van der Waals surface area contributed by atoms with E-state index in [1.807, 2.05) is 19.3 Å². The molecule has 6 heterocycles. The van der Waals surface area contributed by atoms with Crippen molar-refractivity contribution < 1.29 is 14.3 Å². The molecule has 4 aromatic rings. The number of nitrogens with zero attached hydrogens (tertiary/aromatic N) is 7. The molecule has 0 saturated carbocycles. The van der Waals surface area contributed by atoms with E-state index in [1.165, 1.54) is 0 Å². The zero-order valence-corrected chi connectivity index (χ0v) is 21.3. The molecule has 2 N–H and O–H groups in total. The van der Waals surface area contributed by atoms with Gasteiger partial charge >= 0.3 is 0 Å². The molecule has 38 heavy (non-hydrogen) atoms. The van der Waals surface area contributed by atoms with Crippen LogP contribution < -0.4 is 10.6 Å². The van der Waals surface area contributed by atoms with Crippen LogP contribution in [0.4, 0.5) is 11.4 Å². The van der Waals surface area contributed by atoms with Crippen molar-refractivity contribution >= 4 is 28.7 Å². The quantitative estimate of drug-likeness (QED) is 0.399. The maximum atomic E-state index is 13.1. The maximum absolute atomic E-state index is 13.1. The number of pyridine rings is 2. The number of fused-ring (bicyclic) bond motifs is 2. The molecular formula is C26H29N9O3. The third-order valence-electron chi connectivity index (χ3n) is 7.25. The van der Waals surface area contributed by atoms with Gasteiger partial charge in [0, 0.05) is 43.7 Å². The summed E-state index contributed by atoms with van der Waals surface area (Å²) in [5.74, 6) is 0.0765. The molecule has 0 aliphatic carbocycles. The van der Waals surface area contributed by atoms with Gasteiger partial charge in [-0.05, 0) is 44.4 Å². The Bertz CT molecular complexity index is 1510. The van der Waals surface area contributed by atoms with E-state index in [1.54, 1.807) is 46.8 Å². The Morgan fingerprint density at radius 3 is 2.87 bits per heavy atom. The third kappa shape index (κ3) is 4.87. The van der Waals surface area contributed by atoms with E-state index in [9.17, 15) is 9.59 Å². The van der Waals surface area contributed by atoms with Crippen molar-refractivity contribution in [2.24, 2.45) is 13.0 Å². The maximum Gasteiger partial charge on any atom is 0.278 e. The van der Waals surface area contributed by atoms with E-state index in [0.29, 0.717) is 28.5 Å². The molecule has 0 spiro atoms. The zero-order chi connectivity index (χ0) is 26.2. The number of aryl methyl sites for hydroxylation is 2. The van der Waals surface area contributed by atoms with Gasteiger partial charge in [-0.3, -0.25) is 24.2 Å². The Hall–Kier alpha value is -4.16. The molecule has 2 fully saturated rings. The molecule has 2 aliphatic rings. The number of hydrogen-bond acceptors (Lipinski definition) is 8. The number of anilines is 2. The van der Waals surface area contributed by atoms with Gasteiger partial charge in [0.25, 0.3) is 5.91 Å². The second-order valence-corrected chi connectivity index (χ2v) is 9.93. The van der Waals surface area contributed by atoms with Gasteiger partial charge in [-0.2, -0.15) is 5.10 Å². The zero-order valence-electron chi connectivity index (χ0n) is 21.3. The molecule has 0 bridgehead atoms. The molecule has 12 nitrogen and oxygen atoms in total. The Kier molecular flexibility index (Phi) is 6.34. The molecule has 2 saturated heterocycles. The summed E-state index contributed by atoms with van der Waals surface area (Å²) in [5.41, 5.74) is 4.22. The van der Waals surface area contributed by atoms with E-state index >= 15 is 0 Å². The Balaban J connectivity index is 1.12.